The van der Waals surface area contributed by atoms with E-state index in [-0.39, 0.29) is 5.91 Å². The van der Waals surface area contributed by atoms with Crippen molar-refractivity contribution in [3.05, 3.63) is 34.9 Å². The Balaban J connectivity index is 3.18. The smallest absolute Gasteiger partial charge is 0.248 e. The van der Waals surface area contributed by atoms with E-state index in [1.54, 1.807) is 0 Å². The summed E-state index contributed by atoms with van der Waals surface area (Å²) in [6, 6.07) is 5.92. The largest absolute Gasteiger partial charge is 0.366 e. The molecule has 1 amide bonds. The lowest BCUT2D eigenvalue weighted by atomic mass is 10.0. The molecule has 0 aliphatic rings. The van der Waals surface area contributed by atoms with Gasteiger partial charge >= 0.3 is 0 Å². The molecule has 0 saturated carbocycles. The van der Waals surface area contributed by atoms with Crippen LogP contribution < -0.4 is 5.73 Å². The van der Waals surface area contributed by atoms with Crippen LogP contribution in [0.1, 0.15) is 35.3 Å². The molecule has 0 bridgehead atoms. The van der Waals surface area contributed by atoms with Crippen molar-refractivity contribution in [1.29, 1.82) is 0 Å². The zero-order chi connectivity index (χ0) is 9.84. The third-order valence-electron chi connectivity index (χ3n) is 2.23. The first-order valence-corrected chi connectivity index (χ1v) is 4.60. The van der Waals surface area contributed by atoms with Crippen LogP contribution in [0.25, 0.3) is 0 Å². The molecule has 0 radical (unpaired) electrons. The van der Waals surface area contributed by atoms with Crippen LogP contribution in [0.3, 0.4) is 0 Å². The Morgan fingerprint density at radius 2 is 2.00 bits per heavy atom. The van der Waals surface area contributed by atoms with Crippen LogP contribution in [0.4, 0.5) is 0 Å². The van der Waals surface area contributed by atoms with E-state index < -0.39 is 0 Å². The SMILES string of the molecule is CCc1ccc(CC)c(C(N)=O)c1. The average Bonchev–Trinajstić information content (AvgIpc) is 2.16. The molecule has 2 nitrogen and oxygen atoms in total. The number of benzene rings is 1. The Kier molecular flexibility index (Phi) is 3.07. The van der Waals surface area contributed by atoms with Crippen LogP contribution in [0.15, 0.2) is 18.2 Å². The number of rotatable bonds is 3. The van der Waals surface area contributed by atoms with Gasteiger partial charge in [0, 0.05) is 5.56 Å². The second-order valence-electron chi connectivity index (χ2n) is 3.06. The van der Waals surface area contributed by atoms with Crippen molar-refractivity contribution in [2.24, 2.45) is 5.73 Å². The monoisotopic (exact) mass is 177 g/mol. The normalized spacial score (nSPS) is 10.0. The van der Waals surface area contributed by atoms with Gasteiger partial charge in [0.25, 0.3) is 0 Å². The molecule has 0 aromatic heterocycles. The second-order valence-corrected chi connectivity index (χ2v) is 3.06. The lowest BCUT2D eigenvalue weighted by molar-refractivity contribution is 0.0999. The summed E-state index contributed by atoms with van der Waals surface area (Å²) in [7, 11) is 0. The van der Waals surface area contributed by atoms with Crippen LogP contribution in [0.2, 0.25) is 0 Å². The van der Waals surface area contributed by atoms with Gasteiger partial charge in [-0.1, -0.05) is 26.0 Å². The van der Waals surface area contributed by atoms with Gasteiger partial charge in [-0.3, -0.25) is 4.79 Å². The molecule has 0 heterocycles. The number of primary amides is 1. The van der Waals surface area contributed by atoms with E-state index >= 15 is 0 Å². The fraction of sp³-hybridized carbons (Fsp3) is 0.364. The van der Waals surface area contributed by atoms with Crippen molar-refractivity contribution in [3.63, 3.8) is 0 Å². The summed E-state index contributed by atoms with van der Waals surface area (Å²) in [4.78, 5) is 11.1. The molecule has 0 aliphatic heterocycles. The molecular formula is C11H15NO. The molecule has 0 unspecified atom stereocenters. The molecule has 1 aromatic rings. The molecule has 0 aliphatic carbocycles. The number of carbonyl (C=O) groups is 1. The molecule has 0 fully saturated rings. The first-order valence-electron chi connectivity index (χ1n) is 4.60. The van der Waals surface area contributed by atoms with Gasteiger partial charge in [-0.25, -0.2) is 0 Å². The second kappa shape index (κ2) is 4.08. The highest BCUT2D eigenvalue weighted by atomic mass is 16.1. The van der Waals surface area contributed by atoms with E-state index in [1.165, 1.54) is 0 Å². The highest BCUT2D eigenvalue weighted by molar-refractivity contribution is 5.94. The van der Waals surface area contributed by atoms with Gasteiger partial charge in [-0.2, -0.15) is 0 Å². The molecule has 13 heavy (non-hydrogen) atoms. The highest BCUT2D eigenvalue weighted by Crippen LogP contribution is 2.12. The standard InChI is InChI=1S/C11H15NO/c1-3-8-5-6-9(4-2)10(7-8)11(12)13/h5-7H,3-4H2,1-2H3,(H2,12,13). The van der Waals surface area contributed by atoms with Gasteiger partial charge in [0.15, 0.2) is 0 Å². The molecule has 2 N–H and O–H groups in total. The van der Waals surface area contributed by atoms with Crippen molar-refractivity contribution in [2.45, 2.75) is 26.7 Å². The molecule has 0 spiro atoms. The number of nitrogens with two attached hydrogens (primary N) is 1. The molecular weight excluding hydrogens is 162 g/mol. The predicted octanol–water partition coefficient (Wildman–Crippen LogP) is 1.91. The van der Waals surface area contributed by atoms with Crippen molar-refractivity contribution in [1.82, 2.24) is 0 Å². The first kappa shape index (κ1) is 9.78. The summed E-state index contributed by atoms with van der Waals surface area (Å²) in [6.45, 7) is 4.08. The Labute approximate surface area is 78.8 Å². The summed E-state index contributed by atoms with van der Waals surface area (Å²) in [6.07, 6.45) is 1.78. The van der Waals surface area contributed by atoms with E-state index in [0.29, 0.717) is 5.56 Å². The maximum atomic E-state index is 11.1. The van der Waals surface area contributed by atoms with Crippen LogP contribution in [-0.2, 0) is 12.8 Å². The molecule has 1 rings (SSSR count). The summed E-state index contributed by atoms with van der Waals surface area (Å²) >= 11 is 0. The Bertz CT molecular complexity index is 318. The molecule has 70 valence electrons. The Hall–Kier alpha value is -1.31. The minimum atomic E-state index is -0.327. The van der Waals surface area contributed by atoms with Gasteiger partial charge in [0.1, 0.15) is 0 Å². The third-order valence-corrected chi connectivity index (χ3v) is 2.23. The number of hydrogen-bond acceptors (Lipinski definition) is 1. The van der Waals surface area contributed by atoms with E-state index in [9.17, 15) is 4.79 Å². The van der Waals surface area contributed by atoms with Gasteiger partial charge in [0.2, 0.25) is 5.91 Å². The van der Waals surface area contributed by atoms with E-state index in [4.69, 9.17) is 5.73 Å². The summed E-state index contributed by atoms with van der Waals surface area (Å²) in [5.74, 6) is -0.327. The van der Waals surface area contributed by atoms with Crippen molar-refractivity contribution in [2.75, 3.05) is 0 Å². The lowest BCUT2D eigenvalue weighted by Gasteiger charge is -2.05. The fourth-order valence-electron chi connectivity index (χ4n) is 1.38. The average molecular weight is 177 g/mol. The van der Waals surface area contributed by atoms with E-state index in [1.807, 2.05) is 25.1 Å². The third kappa shape index (κ3) is 2.08. The molecule has 1 aromatic carbocycles. The topological polar surface area (TPSA) is 43.1 Å². The zero-order valence-corrected chi connectivity index (χ0v) is 8.13. The maximum Gasteiger partial charge on any atom is 0.248 e. The first-order chi connectivity index (χ1) is 6.19. The summed E-state index contributed by atoms with van der Waals surface area (Å²) < 4.78 is 0. The van der Waals surface area contributed by atoms with Gasteiger partial charge < -0.3 is 5.73 Å². The number of aryl methyl sites for hydroxylation is 2. The van der Waals surface area contributed by atoms with E-state index in [0.717, 1.165) is 24.0 Å². The fourth-order valence-corrected chi connectivity index (χ4v) is 1.38. The Morgan fingerprint density at radius 1 is 1.31 bits per heavy atom. The van der Waals surface area contributed by atoms with Crippen molar-refractivity contribution < 1.29 is 4.79 Å². The van der Waals surface area contributed by atoms with Crippen LogP contribution in [-0.4, -0.2) is 5.91 Å². The van der Waals surface area contributed by atoms with Gasteiger partial charge in [-0.05, 0) is 30.0 Å². The van der Waals surface area contributed by atoms with Crippen molar-refractivity contribution >= 4 is 5.91 Å². The Morgan fingerprint density at radius 3 is 2.46 bits per heavy atom. The van der Waals surface area contributed by atoms with Crippen LogP contribution in [0, 0.1) is 0 Å². The van der Waals surface area contributed by atoms with Crippen LogP contribution >= 0.6 is 0 Å². The zero-order valence-electron chi connectivity index (χ0n) is 8.13. The molecule has 0 atom stereocenters. The quantitative estimate of drug-likeness (QED) is 0.753. The van der Waals surface area contributed by atoms with Gasteiger partial charge in [-0.15, -0.1) is 0 Å². The predicted molar refractivity (Wildman–Crippen MR) is 53.7 cm³/mol. The lowest BCUT2D eigenvalue weighted by Crippen LogP contribution is -2.13. The molecule has 2 heteroatoms. The van der Waals surface area contributed by atoms with Gasteiger partial charge in [0.05, 0.1) is 0 Å². The highest BCUT2D eigenvalue weighted by Gasteiger charge is 2.06. The minimum absolute atomic E-state index is 0.327. The van der Waals surface area contributed by atoms with Crippen molar-refractivity contribution in [3.8, 4) is 0 Å². The van der Waals surface area contributed by atoms with Crippen LogP contribution in [0.5, 0.6) is 0 Å². The number of hydrogen-bond donors (Lipinski definition) is 1. The molecule has 0 saturated heterocycles. The summed E-state index contributed by atoms with van der Waals surface area (Å²) in [5.41, 5.74) is 8.13. The maximum absolute atomic E-state index is 11.1. The summed E-state index contributed by atoms with van der Waals surface area (Å²) in [5, 5.41) is 0. The minimum Gasteiger partial charge on any atom is -0.366 e. The number of carbonyl (C=O) groups excluding carboxylic acids is 1. The number of amides is 1. The van der Waals surface area contributed by atoms with E-state index in [2.05, 4.69) is 6.92 Å².